The van der Waals surface area contributed by atoms with Crippen LogP contribution in [0.4, 0.5) is 14.5 Å². The maximum Gasteiger partial charge on any atom is 0.341 e. The number of hydrogen-bond donors (Lipinski definition) is 2. The Morgan fingerprint density at radius 2 is 2.07 bits per heavy atom. The molecule has 2 fully saturated rings. The Bertz CT molecular complexity index is 1040. The third kappa shape index (κ3) is 2.78. The molecule has 2 heterocycles. The summed E-state index contributed by atoms with van der Waals surface area (Å²) in [7, 11) is 0. The van der Waals surface area contributed by atoms with E-state index in [1.165, 1.54) is 10.8 Å². The molecule has 1 aliphatic carbocycles. The van der Waals surface area contributed by atoms with Gasteiger partial charge in [-0.15, -0.1) is 0 Å². The molecule has 0 amide bonds. The molecule has 2 aliphatic rings. The molecule has 4 unspecified atom stereocenters. The predicted octanol–water partition coefficient (Wildman–Crippen LogP) is 2.60. The molecule has 0 spiro atoms. The molecule has 150 valence electrons. The zero-order valence-electron chi connectivity index (χ0n) is 15.8. The minimum absolute atomic E-state index is 0.0340. The van der Waals surface area contributed by atoms with Crippen LogP contribution >= 0.6 is 0 Å². The Hall–Kier alpha value is -2.48. The Morgan fingerprint density at radius 1 is 1.39 bits per heavy atom. The van der Waals surface area contributed by atoms with Gasteiger partial charge < -0.3 is 20.3 Å². The van der Waals surface area contributed by atoms with Crippen LogP contribution in [0.3, 0.4) is 0 Å². The van der Waals surface area contributed by atoms with Crippen LogP contribution < -0.4 is 16.1 Å². The third-order valence-corrected chi connectivity index (χ3v) is 6.08. The number of fused-ring (bicyclic) bond motifs is 1. The molecule has 1 aliphatic heterocycles. The van der Waals surface area contributed by atoms with E-state index in [1.54, 1.807) is 6.92 Å². The van der Waals surface area contributed by atoms with Gasteiger partial charge in [0.2, 0.25) is 5.43 Å². The van der Waals surface area contributed by atoms with Crippen molar-refractivity contribution >= 4 is 22.6 Å². The number of carboxylic acid groups (broad SMARTS) is 1. The number of carboxylic acids is 1. The van der Waals surface area contributed by atoms with Gasteiger partial charge in [0.15, 0.2) is 0 Å². The van der Waals surface area contributed by atoms with Crippen LogP contribution in [-0.4, -0.2) is 40.9 Å². The summed E-state index contributed by atoms with van der Waals surface area (Å²) >= 11 is 0. The van der Waals surface area contributed by atoms with Crippen LogP contribution in [0, 0.1) is 18.7 Å². The van der Waals surface area contributed by atoms with E-state index in [2.05, 4.69) is 0 Å². The molecule has 2 aromatic rings. The van der Waals surface area contributed by atoms with Crippen molar-refractivity contribution in [1.29, 1.82) is 0 Å². The summed E-state index contributed by atoms with van der Waals surface area (Å²) in [5.74, 6) is -1.76. The van der Waals surface area contributed by atoms with Crippen molar-refractivity contribution in [3.8, 4) is 0 Å². The van der Waals surface area contributed by atoms with Crippen molar-refractivity contribution in [2.45, 2.75) is 44.9 Å². The van der Waals surface area contributed by atoms with Crippen LogP contribution in [0.1, 0.15) is 41.7 Å². The van der Waals surface area contributed by atoms with Gasteiger partial charge in [0.25, 0.3) is 0 Å². The topological polar surface area (TPSA) is 88.6 Å². The molecule has 28 heavy (non-hydrogen) atoms. The molecule has 6 nitrogen and oxygen atoms in total. The largest absolute Gasteiger partial charge is 0.477 e. The minimum Gasteiger partial charge on any atom is -0.477 e. The van der Waals surface area contributed by atoms with Crippen molar-refractivity contribution in [2.24, 2.45) is 11.7 Å². The van der Waals surface area contributed by atoms with Gasteiger partial charge in [-0.3, -0.25) is 4.79 Å². The zero-order valence-corrected chi connectivity index (χ0v) is 15.8. The molecule has 1 saturated carbocycles. The summed E-state index contributed by atoms with van der Waals surface area (Å²) in [6.45, 7) is 4.83. The van der Waals surface area contributed by atoms with Crippen molar-refractivity contribution in [2.75, 3.05) is 18.0 Å². The normalized spacial score (nSPS) is 26.8. The average Bonchev–Trinajstić information content (AvgIpc) is 3.24. The number of alkyl halides is 1. The smallest absolute Gasteiger partial charge is 0.341 e. The van der Waals surface area contributed by atoms with E-state index in [0.717, 1.165) is 12.5 Å². The SMILES string of the molecule is CCC1CN(c2c(F)cc3c(=O)c(C(=O)O)cn(C4CC4F)c3c2C)CC1N. The highest BCUT2D eigenvalue weighted by Gasteiger charge is 2.41. The molecule has 3 N–H and O–H groups in total. The second kappa shape index (κ2) is 6.55. The fraction of sp³-hybridized carbons (Fsp3) is 0.500. The van der Waals surface area contributed by atoms with Crippen molar-refractivity contribution in [3.63, 3.8) is 0 Å². The van der Waals surface area contributed by atoms with E-state index >= 15 is 4.39 Å². The lowest BCUT2D eigenvalue weighted by molar-refractivity contribution is 0.0694. The van der Waals surface area contributed by atoms with Gasteiger partial charge in [-0.1, -0.05) is 13.3 Å². The number of anilines is 1. The number of benzene rings is 1. The second-order valence-corrected chi connectivity index (χ2v) is 7.87. The molecular formula is C20H23F2N3O3. The molecule has 8 heteroatoms. The highest BCUT2D eigenvalue weighted by atomic mass is 19.1. The van der Waals surface area contributed by atoms with Crippen LogP contribution in [0.5, 0.6) is 0 Å². The van der Waals surface area contributed by atoms with Gasteiger partial charge in [0, 0.05) is 37.1 Å². The molecule has 4 rings (SSSR count). The summed E-state index contributed by atoms with van der Waals surface area (Å²) in [6, 6.07) is 0.473. The number of halogens is 2. The summed E-state index contributed by atoms with van der Waals surface area (Å²) in [4.78, 5) is 26.0. The predicted molar refractivity (Wildman–Crippen MR) is 102 cm³/mol. The van der Waals surface area contributed by atoms with E-state index in [-0.39, 0.29) is 23.8 Å². The maximum absolute atomic E-state index is 15.1. The minimum atomic E-state index is -1.41. The van der Waals surface area contributed by atoms with Gasteiger partial charge in [-0.25, -0.2) is 13.6 Å². The summed E-state index contributed by atoms with van der Waals surface area (Å²) < 4.78 is 30.4. The van der Waals surface area contributed by atoms with Crippen LogP contribution in [0.2, 0.25) is 0 Å². The number of rotatable bonds is 4. The summed E-state index contributed by atoms with van der Waals surface area (Å²) in [5.41, 5.74) is 6.20. The number of aryl methyl sites for hydroxylation is 1. The molecule has 1 saturated heterocycles. The molecule has 0 radical (unpaired) electrons. The van der Waals surface area contributed by atoms with Crippen molar-refractivity contribution < 1.29 is 18.7 Å². The first kappa shape index (κ1) is 18.9. The maximum atomic E-state index is 15.1. The quantitative estimate of drug-likeness (QED) is 0.836. The Morgan fingerprint density at radius 3 is 2.61 bits per heavy atom. The highest BCUT2D eigenvalue weighted by Crippen LogP contribution is 2.43. The lowest BCUT2D eigenvalue weighted by Crippen LogP contribution is -2.30. The number of nitrogens with two attached hydrogens (primary N) is 1. The van der Waals surface area contributed by atoms with Crippen molar-refractivity contribution in [3.05, 3.63) is 39.4 Å². The van der Waals surface area contributed by atoms with E-state index in [0.29, 0.717) is 29.9 Å². The van der Waals surface area contributed by atoms with E-state index in [1.807, 2.05) is 11.8 Å². The Kier molecular flexibility index (Phi) is 4.41. The summed E-state index contributed by atoms with van der Waals surface area (Å²) in [5, 5.41) is 9.31. The van der Waals surface area contributed by atoms with E-state index < -0.39 is 35.0 Å². The molecule has 4 atom stereocenters. The summed E-state index contributed by atoms with van der Waals surface area (Å²) in [6.07, 6.45) is 1.21. The first-order chi connectivity index (χ1) is 13.2. The first-order valence-electron chi connectivity index (χ1n) is 9.50. The fourth-order valence-corrected chi connectivity index (χ4v) is 4.42. The standard InChI is InChI=1S/C20H23F2N3O3/c1-3-10-6-24(8-15(10)23)18-9(2)17-11(4-14(18)22)19(26)12(20(27)28)7-25(17)16-5-13(16)21/h4,7,10,13,15-16H,3,5-6,8,23H2,1-2H3,(H,27,28). The monoisotopic (exact) mass is 391 g/mol. The first-order valence-corrected chi connectivity index (χ1v) is 9.50. The molecule has 1 aromatic heterocycles. The molecular weight excluding hydrogens is 368 g/mol. The van der Waals surface area contributed by atoms with Gasteiger partial charge in [0.1, 0.15) is 17.6 Å². The Balaban J connectivity index is 1.97. The molecule has 0 bridgehead atoms. The van der Waals surface area contributed by atoms with Gasteiger partial charge in [-0.05, 0) is 24.5 Å². The van der Waals surface area contributed by atoms with E-state index in [9.17, 15) is 19.1 Å². The second-order valence-electron chi connectivity index (χ2n) is 7.87. The van der Waals surface area contributed by atoms with Crippen LogP contribution in [0.15, 0.2) is 17.1 Å². The number of nitrogens with zero attached hydrogens (tertiary/aromatic N) is 2. The lowest BCUT2D eigenvalue weighted by Gasteiger charge is -2.24. The van der Waals surface area contributed by atoms with Crippen molar-refractivity contribution in [1.82, 2.24) is 4.57 Å². The van der Waals surface area contributed by atoms with Crippen LogP contribution in [-0.2, 0) is 0 Å². The zero-order chi connectivity index (χ0) is 20.3. The lowest BCUT2D eigenvalue weighted by atomic mass is 10.0. The Labute approximate surface area is 160 Å². The van der Waals surface area contributed by atoms with Gasteiger partial charge in [-0.2, -0.15) is 0 Å². The van der Waals surface area contributed by atoms with E-state index in [4.69, 9.17) is 5.73 Å². The van der Waals surface area contributed by atoms with Gasteiger partial charge >= 0.3 is 5.97 Å². The van der Waals surface area contributed by atoms with Gasteiger partial charge in [0.05, 0.1) is 17.2 Å². The van der Waals surface area contributed by atoms with Crippen LogP contribution in [0.25, 0.3) is 10.9 Å². The number of aromatic nitrogens is 1. The molecule has 1 aromatic carbocycles. The number of aromatic carboxylic acids is 1. The highest BCUT2D eigenvalue weighted by molar-refractivity contribution is 5.95. The number of hydrogen-bond acceptors (Lipinski definition) is 4. The number of carbonyl (C=O) groups is 1. The number of pyridine rings is 1. The average molecular weight is 391 g/mol. The third-order valence-electron chi connectivity index (χ3n) is 6.08. The fourth-order valence-electron chi connectivity index (χ4n) is 4.42.